The second-order valence-corrected chi connectivity index (χ2v) is 15.5. The maximum atomic E-state index is 15.0. The lowest BCUT2D eigenvalue weighted by Gasteiger charge is -2.30. The van der Waals surface area contributed by atoms with E-state index in [-0.39, 0.29) is 95.7 Å². The Labute approximate surface area is 382 Å². The molecule has 24 nitrogen and oxygen atoms in total. The molecule has 1 aliphatic heterocycles. The average Bonchev–Trinajstić information content (AvgIpc) is 3.78. The Morgan fingerprint density at radius 3 is 2.11 bits per heavy atom. The van der Waals surface area contributed by atoms with Gasteiger partial charge in [-0.15, -0.1) is 0 Å². The van der Waals surface area contributed by atoms with Crippen LogP contribution in [0.15, 0.2) is 36.0 Å². The maximum absolute atomic E-state index is 15.0. The van der Waals surface area contributed by atoms with Crippen LogP contribution < -0.4 is 65.9 Å². The molecule has 1 aromatic carbocycles. The van der Waals surface area contributed by atoms with Crippen molar-refractivity contribution in [3.8, 4) is 0 Å². The van der Waals surface area contributed by atoms with Gasteiger partial charge in [0, 0.05) is 26.1 Å². The first kappa shape index (κ1) is 55.9. The number of aliphatic hydroxyl groups is 1. The van der Waals surface area contributed by atoms with Gasteiger partial charge in [0.1, 0.15) is 41.7 Å². The highest BCUT2D eigenvalue weighted by molar-refractivity contribution is 5.98. The summed E-state index contributed by atoms with van der Waals surface area (Å²) in [6.45, 7) is -0.216. The van der Waals surface area contributed by atoms with Crippen LogP contribution in [-0.2, 0) is 44.8 Å². The number of carbonyl (C=O) groups is 8. The Bertz CT molecular complexity index is 1860. The molecule has 0 radical (unpaired) electrons. The van der Waals surface area contributed by atoms with Gasteiger partial charge in [-0.1, -0.05) is 24.3 Å². The lowest BCUT2D eigenvalue weighted by Crippen LogP contribution is -2.58. The Morgan fingerprint density at radius 2 is 1.47 bits per heavy atom. The van der Waals surface area contributed by atoms with Crippen molar-refractivity contribution in [2.45, 2.75) is 107 Å². The van der Waals surface area contributed by atoms with Crippen LogP contribution in [0, 0.1) is 11.2 Å². The van der Waals surface area contributed by atoms with Crippen LogP contribution in [0.2, 0.25) is 0 Å². The van der Waals surface area contributed by atoms with Crippen molar-refractivity contribution in [2.75, 3.05) is 45.8 Å². The Kier molecular flexibility index (Phi) is 25.4. The number of nitrogens with zero attached hydrogens (tertiary/aromatic N) is 1. The number of unbranched alkanes of at least 4 members (excludes halogenated alkanes) is 1. The number of amides is 7. The van der Waals surface area contributed by atoms with E-state index in [0.29, 0.717) is 19.3 Å². The highest BCUT2D eigenvalue weighted by atomic mass is 19.1. The van der Waals surface area contributed by atoms with Crippen LogP contribution >= 0.6 is 0 Å². The molecule has 1 aromatic rings. The number of hydrogen-bond donors (Lipinski definition) is 15. The molecule has 1 saturated heterocycles. The van der Waals surface area contributed by atoms with Gasteiger partial charge in [0.2, 0.25) is 41.4 Å². The van der Waals surface area contributed by atoms with E-state index in [1.807, 2.05) is 0 Å². The van der Waals surface area contributed by atoms with E-state index in [0.717, 1.165) is 6.07 Å². The fourth-order valence-corrected chi connectivity index (χ4v) is 6.83. The number of halogens is 1. The monoisotopic (exact) mass is 935 g/mol. The number of aliphatic hydroxyl groups excluding tert-OH is 1. The molecule has 2 rings (SSSR count). The first-order valence-electron chi connectivity index (χ1n) is 21.8. The molecule has 66 heavy (non-hydrogen) atoms. The van der Waals surface area contributed by atoms with Crippen molar-refractivity contribution in [3.63, 3.8) is 0 Å². The average molecular weight is 935 g/mol. The summed E-state index contributed by atoms with van der Waals surface area (Å²) in [5, 5.41) is 44.1. The summed E-state index contributed by atoms with van der Waals surface area (Å²) in [5.41, 5.74) is 27.1. The summed E-state index contributed by atoms with van der Waals surface area (Å²) < 4.78 is 15.0. The first-order valence-corrected chi connectivity index (χ1v) is 21.8. The number of nitrogens with one attached hydrogen (secondary N) is 8. The van der Waals surface area contributed by atoms with Crippen molar-refractivity contribution in [2.24, 2.45) is 28.7 Å². The maximum Gasteiger partial charge on any atom is 0.352 e. The minimum atomic E-state index is -1.51. The Balaban J connectivity index is 2.30. The van der Waals surface area contributed by atoms with Gasteiger partial charge in [-0.25, -0.2) is 9.18 Å². The predicted molar refractivity (Wildman–Crippen MR) is 239 cm³/mol. The fraction of sp³-hybridized carbons (Fsp3) is 0.585. The molecule has 0 aromatic heterocycles. The molecule has 0 spiro atoms. The van der Waals surface area contributed by atoms with Crippen LogP contribution in [-0.4, -0.2) is 151 Å². The van der Waals surface area contributed by atoms with E-state index in [4.69, 9.17) is 34.1 Å². The summed E-state index contributed by atoms with van der Waals surface area (Å²) >= 11 is 0. The summed E-state index contributed by atoms with van der Waals surface area (Å²) in [4.78, 5) is 107. The number of likely N-dealkylation sites (tertiary alicyclic amines) is 1. The molecule has 0 aliphatic carbocycles. The minimum Gasteiger partial charge on any atom is -0.477 e. The Hall–Kier alpha value is -6.28. The standard InChI is InChI=1S/C41H67FN14O10/c42-26-9-2-1-8-24(26)20-31(37(62)53-27(10-3-4-15-43)36(61)54-30(40(65)66)12-6-18-49-41(47)48)55-38(63)32-13-7-19-56(32)39(64)29(11-5-16-44)52-34(59)23-50-35(60)28(14-17-45)51-33(58)21-25(57)22-46/h1-2,8-9,12,25,27-29,31-32,57H,3-7,10-11,13-23,43-46H2,(H,50,60)(H,51,58)(H,52,59)(H,53,62)(H,54,61)(H,55,63)(H,65,66)(H4,47,48,49)/b30-12-/t25-,27+,28+,29-,31+,32+/m1/s1. The normalized spacial score (nSPS) is 15.8. The largest absolute Gasteiger partial charge is 0.477 e. The third-order valence-corrected chi connectivity index (χ3v) is 10.3. The van der Waals surface area contributed by atoms with Crippen LogP contribution in [0.4, 0.5) is 4.39 Å². The number of carboxylic acids is 1. The van der Waals surface area contributed by atoms with Crippen LogP contribution in [0.25, 0.3) is 0 Å². The van der Waals surface area contributed by atoms with Gasteiger partial charge in [0.05, 0.1) is 19.1 Å². The zero-order valence-electron chi connectivity index (χ0n) is 37.0. The number of aliphatic carboxylic acids is 1. The predicted octanol–water partition coefficient (Wildman–Crippen LogP) is -4.70. The van der Waals surface area contributed by atoms with Gasteiger partial charge in [-0.3, -0.25) is 39.0 Å². The molecule has 25 heteroatoms. The zero-order chi connectivity index (χ0) is 49.2. The minimum absolute atomic E-state index is 0.00272. The van der Waals surface area contributed by atoms with Crippen molar-refractivity contribution >= 4 is 53.3 Å². The number of rotatable bonds is 30. The highest BCUT2D eigenvalue weighted by Gasteiger charge is 2.39. The second-order valence-electron chi connectivity index (χ2n) is 15.5. The van der Waals surface area contributed by atoms with Gasteiger partial charge >= 0.3 is 5.97 Å². The number of guanidine groups is 1. The molecule has 368 valence electrons. The molecule has 6 atom stereocenters. The number of carboxylic acid groups (broad SMARTS) is 1. The molecule has 0 unspecified atom stereocenters. The van der Waals surface area contributed by atoms with Crippen molar-refractivity contribution in [1.29, 1.82) is 5.41 Å². The van der Waals surface area contributed by atoms with Crippen molar-refractivity contribution < 1.29 is 53.0 Å². The zero-order valence-corrected chi connectivity index (χ0v) is 37.0. The highest BCUT2D eigenvalue weighted by Crippen LogP contribution is 2.21. The molecular formula is C41H67FN14O10. The van der Waals surface area contributed by atoms with E-state index in [9.17, 15) is 48.6 Å². The van der Waals surface area contributed by atoms with E-state index in [1.165, 1.54) is 29.2 Å². The number of nitrogens with two attached hydrogens (primary N) is 5. The molecular weight excluding hydrogens is 868 g/mol. The van der Waals surface area contributed by atoms with Gasteiger partial charge < -0.3 is 81.0 Å². The molecule has 1 heterocycles. The first-order chi connectivity index (χ1) is 31.4. The van der Waals surface area contributed by atoms with Crippen LogP contribution in [0.5, 0.6) is 0 Å². The van der Waals surface area contributed by atoms with Gasteiger partial charge in [-0.2, -0.15) is 0 Å². The molecule has 1 fully saturated rings. The summed E-state index contributed by atoms with van der Waals surface area (Å²) in [6, 6.07) is -0.842. The van der Waals surface area contributed by atoms with Gasteiger partial charge in [-0.05, 0) is 89.1 Å². The second kappa shape index (κ2) is 30.0. The van der Waals surface area contributed by atoms with E-state index >= 15 is 4.39 Å². The van der Waals surface area contributed by atoms with E-state index in [1.54, 1.807) is 0 Å². The van der Waals surface area contributed by atoms with E-state index in [2.05, 4.69) is 37.2 Å². The topological polar surface area (TPSA) is 418 Å². The van der Waals surface area contributed by atoms with Gasteiger partial charge in [0.15, 0.2) is 5.96 Å². The SMILES string of the molecule is N=C(N)NCC/C=C(\NC(=O)[C@H](CCCCN)NC(=O)[C@H](Cc1ccccc1F)NC(=O)[C@@H]1CCCN1C(=O)[C@@H](CCCN)NC(=O)CNC(=O)[C@H](CCN)NC(=O)C[C@@H](O)CN)C(=O)O. The van der Waals surface area contributed by atoms with Crippen molar-refractivity contribution in [3.05, 3.63) is 47.4 Å². The molecule has 1 aliphatic rings. The van der Waals surface area contributed by atoms with Crippen LogP contribution in [0.3, 0.4) is 0 Å². The molecule has 0 saturated carbocycles. The molecule has 7 amide bonds. The van der Waals surface area contributed by atoms with E-state index < -0.39 is 108 Å². The van der Waals surface area contributed by atoms with Gasteiger partial charge in [0.25, 0.3) is 0 Å². The summed E-state index contributed by atoms with van der Waals surface area (Å²) in [7, 11) is 0. The van der Waals surface area contributed by atoms with Crippen molar-refractivity contribution in [1.82, 2.24) is 42.1 Å². The molecule has 0 bridgehead atoms. The third kappa shape index (κ3) is 19.9. The Morgan fingerprint density at radius 1 is 0.803 bits per heavy atom. The lowest BCUT2D eigenvalue weighted by atomic mass is 10.0. The third-order valence-electron chi connectivity index (χ3n) is 10.3. The summed E-state index contributed by atoms with van der Waals surface area (Å²) in [5.74, 6) is -7.96. The number of benzene rings is 1. The summed E-state index contributed by atoms with van der Waals surface area (Å²) in [6.07, 6.45) is 0.979. The lowest BCUT2D eigenvalue weighted by molar-refractivity contribution is -0.142. The number of carbonyl (C=O) groups excluding carboxylic acids is 7. The molecule has 20 N–H and O–H groups in total. The smallest absolute Gasteiger partial charge is 0.352 e. The van der Waals surface area contributed by atoms with Crippen LogP contribution in [0.1, 0.15) is 69.8 Å². The number of hydrogen-bond acceptors (Lipinski definition) is 14. The fourth-order valence-electron chi connectivity index (χ4n) is 6.83. The quantitative estimate of drug-likeness (QED) is 0.0149.